The van der Waals surface area contributed by atoms with Crippen LogP contribution in [0.1, 0.15) is 19.4 Å². The maximum absolute atomic E-state index is 12.3. The molecule has 0 unspecified atom stereocenters. The Bertz CT molecular complexity index is 647. The third-order valence-electron chi connectivity index (χ3n) is 3.98. The SMILES string of the molecule is CCN(CC(=O)N1CC(=O)N(c2cccc(Cl)c2C)C1)C(C)=O. The molecule has 1 fully saturated rings. The highest BCUT2D eigenvalue weighted by molar-refractivity contribution is 6.31. The number of nitrogens with zero attached hydrogens (tertiary/aromatic N) is 3. The van der Waals surface area contributed by atoms with Gasteiger partial charge in [-0.2, -0.15) is 0 Å². The van der Waals surface area contributed by atoms with Gasteiger partial charge in [-0.1, -0.05) is 17.7 Å². The monoisotopic (exact) mass is 337 g/mol. The number of hydrogen-bond acceptors (Lipinski definition) is 3. The molecule has 6 nitrogen and oxygen atoms in total. The van der Waals surface area contributed by atoms with Gasteiger partial charge in [-0.25, -0.2) is 0 Å². The summed E-state index contributed by atoms with van der Waals surface area (Å²) in [6, 6.07) is 5.34. The van der Waals surface area contributed by atoms with Crippen LogP contribution in [0.5, 0.6) is 0 Å². The van der Waals surface area contributed by atoms with Gasteiger partial charge in [0.1, 0.15) is 13.2 Å². The Kier molecular flexibility index (Phi) is 5.26. The molecule has 0 aliphatic carbocycles. The molecule has 1 aliphatic rings. The molecule has 0 radical (unpaired) electrons. The maximum Gasteiger partial charge on any atom is 0.248 e. The Balaban J connectivity index is 2.12. The number of anilines is 1. The van der Waals surface area contributed by atoms with Crippen molar-refractivity contribution in [1.29, 1.82) is 0 Å². The van der Waals surface area contributed by atoms with E-state index in [9.17, 15) is 14.4 Å². The van der Waals surface area contributed by atoms with Gasteiger partial charge in [0, 0.05) is 24.2 Å². The zero-order valence-corrected chi connectivity index (χ0v) is 14.3. The number of amides is 3. The van der Waals surface area contributed by atoms with Crippen molar-refractivity contribution in [2.45, 2.75) is 20.8 Å². The summed E-state index contributed by atoms with van der Waals surface area (Å²) in [5, 5.41) is 0.578. The predicted octanol–water partition coefficient (Wildman–Crippen LogP) is 1.65. The van der Waals surface area contributed by atoms with E-state index in [-0.39, 0.29) is 37.5 Å². The quantitative estimate of drug-likeness (QED) is 0.839. The summed E-state index contributed by atoms with van der Waals surface area (Å²) in [7, 11) is 0. The summed E-state index contributed by atoms with van der Waals surface area (Å²) in [6.07, 6.45) is 0. The van der Waals surface area contributed by atoms with Crippen molar-refractivity contribution in [2.75, 3.05) is 31.2 Å². The van der Waals surface area contributed by atoms with Crippen molar-refractivity contribution in [3.63, 3.8) is 0 Å². The Hall–Kier alpha value is -2.08. The number of rotatable bonds is 4. The molecule has 1 saturated heterocycles. The normalized spacial score (nSPS) is 14.3. The second kappa shape index (κ2) is 7.00. The Labute approximate surface area is 140 Å². The lowest BCUT2D eigenvalue weighted by Gasteiger charge is -2.23. The van der Waals surface area contributed by atoms with E-state index in [0.717, 1.165) is 5.56 Å². The van der Waals surface area contributed by atoms with Crippen LogP contribution in [0.3, 0.4) is 0 Å². The fourth-order valence-electron chi connectivity index (χ4n) is 2.52. The van der Waals surface area contributed by atoms with Crippen LogP contribution in [0.15, 0.2) is 18.2 Å². The molecule has 0 bridgehead atoms. The van der Waals surface area contributed by atoms with E-state index >= 15 is 0 Å². The minimum atomic E-state index is -0.238. The van der Waals surface area contributed by atoms with E-state index in [4.69, 9.17) is 11.6 Å². The molecule has 2 rings (SSSR count). The number of likely N-dealkylation sites (N-methyl/N-ethyl adjacent to an activating group) is 1. The minimum Gasteiger partial charge on any atom is -0.334 e. The number of benzene rings is 1. The van der Waals surface area contributed by atoms with Gasteiger partial charge in [-0.15, -0.1) is 0 Å². The molecule has 0 atom stereocenters. The molecule has 1 aromatic carbocycles. The minimum absolute atomic E-state index is 0.0124. The number of carbonyl (C=O) groups excluding carboxylic acids is 3. The smallest absolute Gasteiger partial charge is 0.248 e. The number of hydrogen-bond donors (Lipinski definition) is 0. The van der Waals surface area contributed by atoms with Crippen LogP contribution >= 0.6 is 11.6 Å². The fraction of sp³-hybridized carbons (Fsp3) is 0.438. The third-order valence-corrected chi connectivity index (χ3v) is 4.38. The van der Waals surface area contributed by atoms with Gasteiger partial charge in [0.05, 0.1) is 6.54 Å². The van der Waals surface area contributed by atoms with Crippen molar-refractivity contribution >= 4 is 35.0 Å². The van der Waals surface area contributed by atoms with Crippen LogP contribution in [-0.4, -0.2) is 53.8 Å². The first-order chi connectivity index (χ1) is 10.8. The Morgan fingerprint density at radius 1 is 1.35 bits per heavy atom. The zero-order valence-electron chi connectivity index (χ0n) is 13.5. The standard InChI is InChI=1S/C16H20ClN3O3/c1-4-18(12(3)21)8-15(22)19-9-16(23)20(10-19)14-7-5-6-13(17)11(14)2/h5-7H,4,8-10H2,1-3H3. The van der Waals surface area contributed by atoms with E-state index in [2.05, 4.69) is 0 Å². The summed E-state index contributed by atoms with van der Waals surface area (Å²) in [5.41, 5.74) is 1.51. The molecule has 0 spiro atoms. The van der Waals surface area contributed by atoms with Crippen LogP contribution in [0.2, 0.25) is 5.02 Å². The van der Waals surface area contributed by atoms with E-state index < -0.39 is 0 Å². The van der Waals surface area contributed by atoms with Crippen LogP contribution in [0.25, 0.3) is 0 Å². The highest BCUT2D eigenvalue weighted by Gasteiger charge is 2.33. The lowest BCUT2D eigenvalue weighted by atomic mass is 10.2. The summed E-state index contributed by atoms with van der Waals surface area (Å²) in [6.45, 7) is 5.71. The second-order valence-corrected chi connectivity index (χ2v) is 5.88. The molecule has 1 aliphatic heterocycles. The summed E-state index contributed by atoms with van der Waals surface area (Å²) in [4.78, 5) is 40.4. The molecular formula is C16H20ClN3O3. The lowest BCUT2D eigenvalue weighted by molar-refractivity contribution is -0.139. The largest absolute Gasteiger partial charge is 0.334 e. The Morgan fingerprint density at radius 2 is 2.04 bits per heavy atom. The zero-order chi connectivity index (χ0) is 17.1. The van der Waals surface area contributed by atoms with E-state index in [1.807, 2.05) is 13.8 Å². The van der Waals surface area contributed by atoms with Crippen molar-refractivity contribution in [3.05, 3.63) is 28.8 Å². The van der Waals surface area contributed by atoms with E-state index in [1.54, 1.807) is 23.1 Å². The van der Waals surface area contributed by atoms with Gasteiger partial charge in [0.15, 0.2) is 0 Å². The van der Waals surface area contributed by atoms with Crippen LogP contribution in [0, 0.1) is 6.92 Å². The average Bonchev–Trinajstić information content (AvgIpc) is 2.89. The Morgan fingerprint density at radius 3 is 2.65 bits per heavy atom. The topological polar surface area (TPSA) is 60.9 Å². The van der Waals surface area contributed by atoms with Gasteiger partial charge in [-0.3, -0.25) is 19.3 Å². The lowest BCUT2D eigenvalue weighted by Crippen LogP contribution is -2.41. The van der Waals surface area contributed by atoms with Crippen molar-refractivity contribution in [3.8, 4) is 0 Å². The fourth-order valence-corrected chi connectivity index (χ4v) is 2.69. The highest BCUT2D eigenvalue weighted by Crippen LogP contribution is 2.28. The molecule has 124 valence electrons. The van der Waals surface area contributed by atoms with E-state index in [1.165, 1.54) is 16.7 Å². The molecule has 0 aromatic heterocycles. The molecule has 7 heteroatoms. The van der Waals surface area contributed by atoms with Crippen molar-refractivity contribution in [2.24, 2.45) is 0 Å². The number of carbonyl (C=O) groups is 3. The number of halogens is 1. The van der Waals surface area contributed by atoms with Gasteiger partial charge in [-0.05, 0) is 31.5 Å². The third kappa shape index (κ3) is 3.64. The predicted molar refractivity (Wildman–Crippen MR) is 88.2 cm³/mol. The summed E-state index contributed by atoms with van der Waals surface area (Å²) < 4.78 is 0. The van der Waals surface area contributed by atoms with Crippen LogP contribution in [0.4, 0.5) is 5.69 Å². The van der Waals surface area contributed by atoms with Gasteiger partial charge >= 0.3 is 0 Å². The molecule has 23 heavy (non-hydrogen) atoms. The summed E-state index contributed by atoms with van der Waals surface area (Å²) >= 11 is 6.10. The molecule has 0 saturated carbocycles. The molecule has 0 N–H and O–H groups in total. The van der Waals surface area contributed by atoms with Gasteiger partial charge in [0.25, 0.3) is 0 Å². The highest BCUT2D eigenvalue weighted by atomic mass is 35.5. The van der Waals surface area contributed by atoms with Crippen LogP contribution < -0.4 is 4.90 Å². The first-order valence-electron chi connectivity index (χ1n) is 7.44. The first kappa shape index (κ1) is 17.3. The summed E-state index contributed by atoms with van der Waals surface area (Å²) in [5.74, 6) is -0.555. The van der Waals surface area contributed by atoms with Gasteiger partial charge in [0.2, 0.25) is 17.7 Å². The van der Waals surface area contributed by atoms with Crippen molar-refractivity contribution < 1.29 is 14.4 Å². The first-order valence-corrected chi connectivity index (χ1v) is 7.81. The molecular weight excluding hydrogens is 318 g/mol. The van der Waals surface area contributed by atoms with Crippen molar-refractivity contribution in [1.82, 2.24) is 9.80 Å². The van der Waals surface area contributed by atoms with Crippen LogP contribution in [-0.2, 0) is 14.4 Å². The van der Waals surface area contributed by atoms with E-state index in [0.29, 0.717) is 17.3 Å². The average molecular weight is 338 g/mol. The molecule has 1 aromatic rings. The van der Waals surface area contributed by atoms with Gasteiger partial charge < -0.3 is 9.80 Å². The maximum atomic E-state index is 12.3. The molecule has 1 heterocycles. The second-order valence-electron chi connectivity index (χ2n) is 5.47. The molecule has 3 amide bonds.